The largest absolute Gasteiger partial charge is 0.481 e. The summed E-state index contributed by atoms with van der Waals surface area (Å²) in [4.78, 5) is 11.2. The third-order valence-corrected chi connectivity index (χ3v) is 3.41. The van der Waals surface area contributed by atoms with Crippen LogP contribution in [0.2, 0.25) is 0 Å². The number of nitrogens with zero attached hydrogens (tertiary/aromatic N) is 3. The fourth-order valence-corrected chi connectivity index (χ4v) is 2.28. The van der Waals surface area contributed by atoms with Gasteiger partial charge >= 0.3 is 0 Å². The smallest absolute Gasteiger partial charge is 0.226 e. The van der Waals surface area contributed by atoms with E-state index in [1.165, 1.54) is 0 Å². The second-order valence-electron chi connectivity index (χ2n) is 4.73. The van der Waals surface area contributed by atoms with Crippen LogP contribution >= 0.6 is 0 Å². The Balaban J connectivity index is 1.95. The molecule has 0 atom stereocenters. The fraction of sp³-hybridized carbons (Fsp3) is 0.692. The summed E-state index contributed by atoms with van der Waals surface area (Å²) in [5, 5.41) is 3.41. The molecule has 18 heavy (non-hydrogen) atoms. The van der Waals surface area contributed by atoms with Crippen molar-refractivity contribution in [1.82, 2.24) is 14.9 Å². The van der Waals surface area contributed by atoms with Crippen LogP contribution in [0.4, 0.5) is 5.95 Å². The van der Waals surface area contributed by atoms with E-state index in [4.69, 9.17) is 4.74 Å². The minimum atomic E-state index is 0.472. The van der Waals surface area contributed by atoms with Gasteiger partial charge < -0.3 is 15.0 Å². The van der Waals surface area contributed by atoms with Gasteiger partial charge in [0, 0.05) is 30.9 Å². The van der Waals surface area contributed by atoms with Crippen LogP contribution in [-0.2, 0) is 0 Å². The monoisotopic (exact) mass is 250 g/mol. The molecule has 0 aliphatic carbocycles. The first-order chi connectivity index (χ1) is 8.71. The summed E-state index contributed by atoms with van der Waals surface area (Å²) in [7, 11) is 1.63. The van der Waals surface area contributed by atoms with E-state index in [0.29, 0.717) is 17.9 Å². The van der Waals surface area contributed by atoms with Gasteiger partial charge in [-0.3, -0.25) is 0 Å². The lowest BCUT2D eigenvalue weighted by atomic mass is 10.1. The molecule has 0 radical (unpaired) electrons. The highest BCUT2D eigenvalue weighted by molar-refractivity contribution is 5.31. The van der Waals surface area contributed by atoms with E-state index in [0.717, 1.165) is 38.2 Å². The zero-order chi connectivity index (χ0) is 13.0. The van der Waals surface area contributed by atoms with Gasteiger partial charge in [-0.25, -0.2) is 4.98 Å². The number of nitrogens with one attached hydrogen (secondary N) is 1. The summed E-state index contributed by atoms with van der Waals surface area (Å²) < 4.78 is 5.16. The molecule has 1 N–H and O–H groups in total. The minimum absolute atomic E-state index is 0.472. The van der Waals surface area contributed by atoms with Gasteiger partial charge in [-0.1, -0.05) is 6.92 Å². The highest BCUT2D eigenvalue weighted by atomic mass is 16.5. The number of hydrogen-bond donors (Lipinski definition) is 1. The highest BCUT2D eigenvalue weighted by Gasteiger charge is 2.18. The van der Waals surface area contributed by atoms with Gasteiger partial charge in [-0.2, -0.15) is 4.98 Å². The van der Waals surface area contributed by atoms with Crippen molar-refractivity contribution in [3.8, 4) is 5.88 Å². The zero-order valence-corrected chi connectivity index (χ0v) is 11.4. The number of rotatable bonds is 4. The molecular weight excluding hydrogens is 228 g/mol. The fourth-order valence-electron chi connectivity index (χ4n) is 2.28. The average molecular weight is 250 g/mol. The molecule has 0 amide bonds. The molecule has 0 aromatic carbocycles. The molecule has 100 valence electrons. The average Bonchev–Trinajstić information content (AvgIpc) is 2.39. The number of methoxy groups -OCH3 is 1. The van der Waals surface area contributed by atoms with Crippen LogP contribution in [-0.4, -0.2) is 47.7 Å². The van der Waals surface area contributed by atoms with E-state index in [2.05, 4.69) is 27.1 Å². The molecule has 0 saturated carbocycles. The maximum atomic E-state index is 5.16. The van der Waals surface area contributed by atoms with Crippen molar-refractivity contribution in [2.24, 2.45) is 0 Å². The van der Waals surface area contributed by atoms with E-state index >= 15 is 0 Å². The maximum absolute atomic E-state index is 5.16. The normalized spacial score (nSPS) is 17.7. The molecule has 2 heterocycles. The van der Waals surface area contributed by atoms with E-state index < -0.39 is 0 Å². The third kappa shape index (κ3) is 3.32. The number of aromatic nitrogens is 2. The van der Waals surface area contributed by atoms with E-state index in [9.17, 15) is 0 Å². The summed E-state index contributed by atoms with van der Waals surface area (Å²) in [5.41, 5.74) is 0.926. The lowest BCUT2D eigenvalue weighted by molar-refractivity contribution is 0.229. The molecule has 0 unspecified atom stereocenters. The topological polar surface area (TPSA) is 50.3 Å². The Morgan fingerprint density at radius 3 is 2.72 bits per heavy atom. The van der Waals surface area contributed by atoms with Crippen LogP contribution in [0.1, 0.15) is 25.5 Å². The first-order valence-corrected chi connectivity index (χ1v) is 6.60. The number of likely N-dealkylation sites (tertiary alicyclic amines) is 1. The van der Waals surface area contributed by atoms with Gasteiger partial charge in [-0.15, -0.1) is 0 Å². The van der Waals surface area contributed by atoms with Gasteiger partial charge in [0.2, 0.25) is 11.8 Å². The van der Waals surface area contributed by atoms with Crippen LogP contribution < -0.4 is 10.1 Å². The molecule has 1 aliphatic rings. The Bertz CT molecular complexity index is 389. The number of ether oxygens (including phenoxy) is 1. The van der Waals surface area contributed by atoms with Crippen molar-refractivity contribution in [2.75, 3.05) is 32.1 Å². The predicted octanol–water partition coefficient (Wildman–Crippen LogP) is 1.69. The highest BCUT2D eigenvalue weighted by Crippen LogP contribution is 2.16. The summed E-state index contributed by atoms with van der Waals surface area (Å²) in [6, 6.07) is 2.31. The van der Waals surface area contributed by atoms with Crippen molar-refractivity contribution in [2.45, 2.75) is 32.7 Å². The molecule has 1 saturated heterocycles. The summed E-state index contributed by atoms with van der Waals surface area (Å²) in [6.45, 7) is 7.60. The third-order valence-electron chi connectivity index (χ3n) is 3.41. The Morgan fingerprint density at radius 1 is 1.39 bits per heavy atom. The van der Waals surface area contributed by atoms with Crippen LogP contribution in [0.3, 0.4) is 0 Å². The summed E-state index contributed by atoms with van der Waals surface area (Å²) >= 11 is 0. The van der Waals surface area contributed by atoms with Crippen molar-refractivity contribution in [3.63, 3.8) is 0 Å². The van der Waals surface area contributed by atoms with Gasteiger partial charge in [0.15, 0.2) is 0 Å². The van der Waals surface area contributed by atoms with E-state index in [1.807, 2.05) is 13.0 Å². The molecule has 1 fully saturated rings. The standard InChI is InChI=1S/C13H22N4O/c1-4-17-7-5-11(6-8-17)15-13-14-10(2)9-12(16-13)18-3/h9,11H,4-8H2,1-3H3,(H,14,15,16). The van der Waals surface area contributed by atoms with Crippen LogP contribution in [0, 0.1) is 6.92 Å². The van der Waals surface area contributed by atoms with Gasteiger partial charge in [0.1, 0.15) is 0 Å². The second-order valence-corrected chi connectivity index (χ2v) is 4.73. The SMILES string of the molecule is CCN1CCC(Nc2nc(C)cc(OC)n2)CC1. The molecule has 5 heteroatoms. The van der Waals surface area contributed by atoms with Crippen LogP contribution in [0.5, 0.6) is 5.88 Å². The number of hydrogen-bond acceptors (Lipinski definition) is 5. The number of anilines is 1. The Labute approximate surface area is 109 Å². The molecule has 1 aliphatic heterocycles. The number of aryl methyl sites for hydroxylation is 1. The van der Waals surface area contributed by atoms with Gasteiger partial charge in [0.25, 0.3) is 0 Å². The molecule has 0 spiro atoms. The molecule has 1 aromatic rings. The first kappa shape index (κ1) is 13.1. The first-order valence-electron chi connectivity index (χ1n) is 6.60. The molecule has 5 nitrogen and oxygen atoms in total. The van der Waals surface area contributed by atoms with Crippen LogP contribution in [0.15, 0.2) is 6.07 Å². The van der Waals surface area contributed by atoms with E-state index in [-0.39, 0.29) is 0 Å². The van der Waals surface area contributed by atoms with Crippen LogP contribution in [0.25, 0.3) is 0 Å². The Kier molecular flexibility index (Phi) is 4.36. The molecule has 0 bridgehead atoms. The Morgan fingerprint density at radius 2 is 2.11 bits per heavy atom. The van der Waals surface area contributed by atoms with Crippen molar-refractivity contribution >= 4 is 5.95 Å². The van der Waals surface area contributed by atoms with Gasteiger partial charge in [0.05, 0.1) is 7.11 Å². The summed E-state index contributed by atoms with van der Waals surface area (Å²) in [6.07, 6.45) is 2.29. The van der Waals surface area contributed by atoms with Gasteiger partial charge in [-0.05, 0) is 26.3 Å². The van der Waals surface area contributed by atoms with Crippen molar-refractivity contribution in [3.05, 3.63) is 11.8 Å². The lowest BCUT2D eigenvalue weighted by Gasteiger charge is -2.31. The predicted molar refractivity (Wildman–Crippen MR) is 72.1 cm³/mol. The van der Waals surface area contributed by atoms with E-state index in [1.54, 1.807) is 7.11 Å². The molecular formula is C13H22N4O. The summed E-state index contributed by atoms with van der Waals surface area (Å²) in [5.74, 6) is 1.30. The quantitative estimate of drug-likeness (QED) is 0.881. The number of piperidine rings is 1. The van der Waals surface area contributed by atoms with Crippen molar-refractivity contribution < 1.29 is 4.74 Å². The molecule has 2 rings (SSSR count). The Hall–Kier alpha value is -1.36. The minimum Gasteiger partial charge on any atom is -0.481 e. The maximum Gasteiger partial charge on any atom is 0.226 e. The lowest BCUT2D eigenvalue weighted by Crippen LogP contribution is -2.39. The van der Waals surface area contributed by atoms with Crippen molar-refractivity contribution in [1.29, 1.82) is 0 Å². The second kappa shape index (κ2) is 6.00. The zero-order valence-electron chi connectivity index (χ0n) is 11.4. The molecule has 1 aromatic heterocycles.